The number of azo groups is 1. The SMILES string of the molecule is CCCn1c(O)c(C#N)c(C)c(N=Nc2cccc(Br)c2)c1=O. The van der Waals surface area contributed by atoms with Crippen molar-refractivity contribution < 1.29 is 5.11 Å². The minimum atomic E-state index is -0.459. The van der Waals surface area contributed by atoms with Crippen molar-refractivity contribution in [2.75, 3.05) is 0 Å². The van der Waals surface area contributed by atoms with Crippen molar-refractivity contribution >= 4 is 27.3 Å². The Hall–Kier alpha value is -2.46. The Morgan fingerprint density at radius 1 is 1.39 bits per heavy atom. The van der Waals surface area contributed by atoms with E-state index in [4.69, 9.17) is 0 Å². The third-order valence-electron chi connectivity index (χ3n) is 3.29. The van der Waals surface area contributed by atoms with Gasteiger partial charge in [0.25, 0.3) is 5.56 Å². The summed E-state index contributed by atoms with van der Waals surface area (Å²) in [5, 5.41) is 27.4. The summed E-state index contributed by atoms with van der Waals surface area (Å²) in [5.41, 5.74) is 0.543. The molecule has 0 radical (unpaired) electrons. The van der Waals surface area contributed by atoms with Gasteiger partial charge >= 0.3 is 0 Å². The van der Waals surface area contributed by atoms with E-state index in [1.165, 1.54) is 0 Å². The summed E-state index contributed by atoms with van der Waals surface area (Å²) >= 11 is 3.34. The van der Waals surface area contributed by atoms with Crippen LogP contribution in [0.3, 0.4) is 0 Å². The van der Waals surface area contributed by atoms with Gasteiger partial charge in [-0.2, -0.15) is 10.4 Å². The van der Waals surface area contributed by atoms with E-state index in [1.807, 2.05) is 19.1 Å². The van der Waals surface area contributed by atoms with Crippen LogP contribution < -0.4 is 5.56 Å². The summed E-state index contributed by atoms with van der Waals surface area (Å²) in [6.45, 7) is 3.75. The highest BCUT2D eigenvalue weighted by molar-refractivity contribution is 9.10. The number of halogens is 1. The molecular weight excluding hydrogens is 360 g/mol. The monoisotopic (exact) mass is 374 g/mol. The fourth-order valence-corrected chi connectivity index (χ4v) is 2.52. The Labute approximate surface area is 141 Å². The molecule has 0 spiro atoms. The van der Waals surface area contributed by atoms with Crippen LogP contribution in [0.2, 0.25) is 0 Å². The molecular formula is C16H15BrN4O2. The van der Waals surface area contributed by atoms with Crippen LogP contribution in [0.15, 0.2) is 43.8 Å². The standard InChI is InChI=1S/C16H15BrN4O2/c1-3-7-21-15(22)13(9-18)10(2)14(16(21)23)20-19-12-6-4-5-11(17)8-12/h4-6,8,22H,3,7H2,1-2H3. The van der Waals surface area contributed by atoms with Crippen LogP contribution in [0, 0.1) is 18.3 Å². The summed E-state index contributed by atoms with van der Waals surface area (Å²) < 4.78 is 2.00. The Balaban J connectivity index is 2.60. The van der Waals surface area contributed by atoms with Crippen molar-refractivity contribution in [3.8, 4) is 11.9 Å². The van der Waals surface area contributed by atoms with Crippen LogP contribution >= 0.6 is 15.9 Å². The van der Waals surface area contributed by atoms with Crippen molar-refractivity contribution in [1.29, 1.82) is 5.26 Å². The number of pyridine rings is 1. The quantitative estimate of drug-likeness (QED) is 0.807. The van der Waals surface area contributed by atoms with Gasteiger partial charge in [-0.1, -0.05) is 28.9 Å². The molecule has 0 fully saturated rings. The zero-order chi connectivity index (χ0) is 17.0. The van der Waals surface area contributed by atoms with Gasteiger partial charge in [0, 0.05) is 16.6 Å². The van der Waals surface area contributed by atoms with E-state index >= 15 is 0 Å². The zero-order valence-electron chi connectivity index (χ0n) is 12.7. The zero-order valence-corrected chi connectivity index (χ0v) is 14.3. The summed E-state index contributed by atoms with van der Waals surface area (Å²) in [5.74, 6) is -0.321. The van der Waals surface area contributed by atoms with E-state index in [0.29, 0.717) is 24.2 Å². The highest BCUT2D eigenvalue weighted by atomic mass is 79.9. The van der Waals surface area contributed by atoms with Gasteiger partial charge < -0.3 is 5.11 Å². The smallest absolute Gasteiger partial charge is 0.281 e. The van der Waals surface area contributed by atoms with Crippen molar-refractivity contribution in [2.45, 2.75) is 26.8 Å². The molecule has 1 heterocycles. The maximum atomic E-state index is 12.5. The van der Waals surface area contributed by atoms with Crippen LogP contribution in [0.25, 0.3) is 0 Å². The van der Waals surface area contributed by atoms with Crippen LogP contribution in [0.4, 0.5) is 11.4 Å². The Bertz CT molecular complexity index is 866. The van der Waals surface area contributed by atoms with E-state index in [1.54, 1.807) is 25.1 Å². The number of hydrogen-bond acceptors (Lipinski definition) is 5. The molecule has 0 aliphatic heterocycles. The number of nitrogens with zero attached hydrogens (tertiary/aromatic N) is 4. The molecule has 1 aromatic carbocycles. The molecule has 118 valence electrons. The molecule has 6 nitrogen and oxygen atoms in total. The van der Waals surface area contributed by atoms with Crippen LogP contribution in [0.5, 0.6) is 5.88 Å². The number of rotatable bonds is 4. The molecule has 23 heavy (non-hydrogen) atoms. The minimum absolute atomic E-state index is 0.0428. The number of hydrogen-bond donors (Lipinski definition) is 1. The van der Waals surface area contributed by atoms with Gasteiger partial charge in [0.05, 0.1) is 5.69 Å². The fraction of sp³-hybridized carbons (Fsp3) is 0.250. The number of aromatic hydroxyl groups is 1. The van der Waals surface area contributed by atoms with Crippen LogP contribution in [-0.4, -0.2) is 9.67 Å². The second-order valence-electron chi connectivity index (χ2n) is 4.92. The Morgan fingerprint density at radius 3 is 2.74 bits per heavy atom. The molecule has 2 rings (SSSR count). The molecule has 0 saturated heterocycles. The lowest BCUT2D eigenvalue weighted by atomic mass is 10.1. The maximum absolute atomic E-state index is 12.5. The molecule has 0 saturated carbocycles. The predicted molar refractivity (Wildman–Crippen MR) is 90.4 cm³/mol. The van der Waals surface area contributed by atoms with E-state index in [0.717, 1.165) is 9.04 Å². The van der Waals surface area contributed by atoms with Gasteiger partial charge in [-0.05, 0) is 31.5 Å². The summed E-state index contributed by atoms with van der Waals surface area (Å²) in [4.78, 5) is 12.5. The molecule has 0 unspecified atom stereocenters. The highest BCUT2D eigenvalue weighted by Gasteiger charge is 2.18. The van der Waals surface area contributed by atoms with Gasteiger partial charge in [-0.15, -0.1) is 5.11 Å². The summed E-state index contributed by atoms with van der Waals surface area (Å²) in [7, 11) is 0. The first-order valence-electron chi connectivity index (χ1n) is 7.03. The molecule has 2 aromatic rings. The van der Waals surface area contributed by atoms with Crippen molar-refractivity contribution in [3.63, 3.8) is 0 Å². The average Bonchev–Trinajstić information content (AvgIpc) is 2.52. The van der Waals surface area contributed by atoms with E-state index in [9.17, 15) is 15.2 Å². The first-order valence-corrected chi connectivity index (χ1v) is 7.82. The Kier molecular flexibility index (Phi) is 5.29. The van der Waals surface area contributed by atoms with Crippen LogP contribution in [-0.2, 0) is 6.54 Å². The van der Waals surface area contributed by atoms with E-state index in [-0.39, 0.29) is 17.1 Å². The molecule has 1 aromatic heterocycles. The molecule has 0 bridgehead atoms. The molecule has 0 aliphatic carbocycles. The van der Waals surface area contributed by atoms with E-state index < -0.39 is 5.56 Å². The molecule has 1 N–H and O–H groups in total. The first-order chi connectivity index (χ1) is 11.0. The highest BCUT2D eigenvalue weighted by Crippen LogP contribution is 2.27. The Morgan fingerprint density at radius 2 is 2.13 bits per heavy atom. The number of benzene rings is 1. The average molecular weight is 375 g/mol. The number of aromatic nitrogens is 1. The lowest BCUT2D eigenvalue weighted by Crippen LogP contribution is -2.21. The molecule has 0 atom stereocenters. The summed E-state index contributed by atoms with van der Waals surface area (Å²) in [6, 6.07) is 9.08. The van der Waals surface area contributed by atoms with Gasteiger partial charge in [-0.25, -0.2) is 0 Å². The lowest BCUT2D eigenvalue weighted by molar-refractivity contribution is 0.402. The maximum Gasteiger partial charge on any atom is 0.281 e. The van der Waals surface area contributed by atoms with E-state index in [2.05, 4.69) is 26.2 Å². The predicted octanol–water partition coefficient (Wildman–Crippen LogP) is 4.32. The summed E-state index contributed by atoms with van der Waals surface area (Å²) in [6.07, 6.45) is 0.642. The normalized spacial score (nSPS) is 10.9. The largest absolute Gasteiger partial charge is 0.493 e. The second-order valence-corrected chi connectivity index (χ2v) is 5.84. The molecule has 0 aliphatic rings. The molecule has 0 amide bonds. The van der Waals surface area contributed by atoms with Crippen molar-refractivity contribution in [2.24, 2.45) is 10.2 Å². The fourth-order valence-electron chi connectivity index (χ4n) is 2.13. The minimum Gasteiger partial charge on any atom is -0.493 e. The topological polar surface area (TPSA) is 90.7 Å². The third kappa shape index (κ3) is 3.48. The van der Waals surface area contributed by atoms with Crippen molar-refractivity contribution in [3.05, 3.63) is 50.2 Å². The second kappa shape index (κ2) is 7.20. The lowest BCUT2D eigenvalue weighted by Gasteiger charge is -2.11. The molecule has 7 heteroatoms. The van der Waals surface area contributed by atoms with Gasteiger partial charge in [0.2, 0.25) is 5.88 Å². The first kappa shape index (κ1) is 16.9. The van der Waals surface area contributed by atoms with Crippen molar-refractivity contribution in [1.82, 2.24) is 4.57 Å². The third-order valence-corrected chi connectivity index (χ3v) is 3.78. The number of nitriles is 1. The van der Waals surface area contributed by atoms with Gasteiger partial charge in [-0.3, -0.25) is 9.36 Å². The van der Waals surface area contributed by atoms with Crippen LogP contribution in [0.1, 0.15) is 24.5 Å². The van der Waals surface area contributed by atoms with Gasteiger partial charge in [0.1, 0.15) is 11.6 Å². The van der Waals surface area contributed by atoms with Gasteiger partial charge in [0.15, 0.2) is 5.69 Å².